The predicted molar refractivity (Wildman–Crippen MR) is 140 cm³/mol. The van der Waals surface area contributed by atoms with Crippen molar-refractivity contribution in [2.24, 2.45) is 46.3 Å². The van der Waals surface area contributed by atoms with Gasteiger partial charge in [0.1, 0.15) is 17.8 Å². The molecule has 0 N–H and O–H groups in total. The number of halogens is 3. The molecule has 4 aliphatic carbocycles. The van der Waals surface area contributed by atoms with Crippen molar-refractivity contribution in [2.45, 2.75) is 77.4 Å². The van der Waals surface area contributed by atoms with Gasteiger partial charge >= 0.3 is 6.18 Å². The maximum atomic E-state index is 13.8. The van der Waals surface area contributed by atoms with E-state index in [0.717, 1.165) is 49.6 Å². The molecule has 1 aromatic carbocycles. The maximum Gasteiger partial charge on any atom is 0.391 e. The van der Waals surface area contributed by atoms with E-state index >= 15 is 0 Å². The van der Waals surface area contributed by atoms with E-state index in [-0.39, 0.29) is 47.8 Å². The van der Waals surface area contributed by atoms with Crippen LogP contribution in [0, 0.1) is 46.3 Å². The Kier molecular flexibility index (Phi) is 6.75. The fourth-order valence-electron chi connectivity index (χ4n) is 9.87. The highest BCUT2D eigenvalue weighted by atomic mass is 19.4. The summed E-state index contributed by atoms with van der Waals surface area (Å²) in [6.07, 6.45) is 2.57. The van der Waals surface area contributed by atoms with Crippen molar-refractivity contribution < 1.29 is 27.4 Å². The third-order valence-corrected chi connectivity index (χ3v) is 11.7. The van der Waals surface area contributed by atoms with Gasteiger partial charge in [-0.15, -0.1) is 5.10 Å². The van der Waals surface area contributed by atoms with Crippen LogP contribution in [0.3, 0.4) is 0 Å². The topological polar surface area (TPSA) is 66.2 Å². The minimum Gasteiger partial charge on any atom is -0.497 e. The number of carbonyl (C=O) groups is 1. The second-order valence-corrected chi connectivity index (χ2v) is 13.1. The first-order valence-electron chi connectivity index (χ1n) is 14.6. The zero-order chi connectivity index (χ0) is 27.6. The number of Topliss-reactive ketones (excluding diaryl/α,β-unsaturated/α-hetero) is 1. The highest BCUT2D eigenvalue weighted by Gasteiger charge is 2.63. The molecular formula is C30H40F3N3O3. The molecule has 2 aromatic rings. The molecule has 0 amide bonds. The molecule has 0 aliphatic heterocycles. The molecule has 0 saturated heterocycles. The molecule has 214 valence electrons. The first-order chi connectivity index (χ1) is 18.6. The molecule has 0 spiro atoms. The van der Waals surface area contributed by atoms with Gasteiger partial charge in [-0.1, -0.05) is 12.1 Å². The SMILES string of the molecule is COCC12CCC(C(F)(F)F)CC1CCC1C3CCC(C(=O)Cn4nnc5ccc(OC)cc54)C3(C)CCC12. The van der Waals surface area contributed by atoms with E-state index in [2.05, 4.69) is 17.2 Å². The zero-order valence-corrected chi connectivity index (χ0v) is 23.2. The van der Waals surface area contributed by atoms with E-state index in [4.69, 9.17) is 9.47 Å². The van der Waals surface area contributed by atoms with Gasteiger partial charge in [-0.05, 0) is 104 Å². The Morgan fingerprint density at radius 2 is 1.90 bits per heavy atom. The monoisotopic (exact) mass is 547 g/mol. The molecule has 4 fully saturated rings. The van der Waals surface area contributed by atoms with Crippen LogP contribution in [-0.4, -0.2) is 47.8 Å². The van der Waals surface area contributed by atoms with Gasteiger partial charge < -0.3 is 9.47 Å². The number of benzene rings is 1. The quantitative estimate of drug-likeness (QED) is 0.415. The number of hydrogen-bond donors (Lipinski definition) is 0. The average Bonchev–Trinajstić information content (AvgIpc) is 3.47. The summed E-state index contributed by atoms with van der Waals surface area (Å²) in [6.45, 7) is 3.05. The minimum atomic E-state index is -4.11. The summed E-state index contributed by atoms with van der Waals surface area (Å²) in [7, 11) is 3.31. The lowest BCUT2D eigenvalue weighted by atomic mass is 9.43. The van der Waals surface area contributed by atoms with Crippen LogP contribution >= 0.6 is 0 Å². The summed E-state index contributed by atoms with van der Waals surface area (Å²) in [6, 6.07) is 5.56. The first kappa shape index (κ1) is 27.0. The Balaban J connectivity index is 1.22. The lowest BCUT2D eigenvalue weighted by Gasteiger charge is -2.62. The molecule has 1 aromatic heterocycles. The normalized spacial score (nSPS) is 38.2. The third kappa shape index (κ3) is 4.29. The first-order valence-corrected chi connectivity index (χ1v) is 14.6. The lowest BCUT2D eigenvalue weighted by Crippen LogP contribution is -2.57. The van der Waals surface area contributed by atoms with Gasteiger partial charge in [0.2, 0.25) is 0 Å². The second kappa shape index (κ2) is 9.74. The standard InChI is InChI=1S/C30H40F3N3O3/c1-28-12-11-23-21(6-4-18-14-19(30(31,32)33)10-13-29(18,23)17-38-2)22(28)7-8-24(28)27(37)16-36-26-15-20(39-3)5-9-25(26)34-35-36/h5,9,15,18-19,21-24H,4,6-8,10-14,16-17H2,1-3H3. The zero-order valence-electron chi connectivity index (χ0n) is 23.2. The fourth-order valence-corrected chi connectivity index (χ4v) is 9.87. The molecule has 0 bridgehead atoms. The third-order valence-electron chi connectivity index (χ3n) is 11.7. The van der Waals surface area contributed by atoms with E-state index in [0.29, 0.717) is 36.5 Å². The average molecular weight is 548 g/mol. The van der Waals surface area contributed by atoms with Crippen LogP contribution in [-0.2, 0) is 16.1 Å². The molecule has 4 aliphatic rings. The molecular weight excluding hydrogens is 507 g/mol. The van der Waals surface area contributed by atoms with Crippen LogP contribution in [0.1, 0.15) is 64.7 Å². The minimum absolute atomic E-state index is 0.0367. The number of rotatable bonds is 6. The molecule has 6 rings (SSSR count). The van der Waals surface area contributed by atoms with Gasteiger partial charge in [0.25, 0.3) is 0 Å². The van der Waals surface area contributed by atoms with E-state index in [9.17, 15) is 18.0 Å². The highest BCUT2D eigenvalue weighted by Crippen LogP contribution is 2.68. The van der Waals surface area contributed by atoms with Crippen molar-refractivity contribution in [1.82, 2.24) is 15.0 Å². The van der Waals surface area contributed by atoms with Crippen molar-refractivity contribution in [1.29, 1.82) is 0 Å². The second-order valence-electron chi connectivity index (χ2n) is 13.1. The lowest BCUT2D eigenvalue weighted by molar-refractivity contribution is -0.217. The molecule has 8 atom stereocenters. The summed E-state index contributed by atoms with van der Waals surface area (Å²) in [5.41, 5.74) is 1.28. The van der Waals surface area contributed by atoms with Gasteiger partial charge in [-0.3, -0.25) is 4.79 Å². The molecule has 0 radical (unpaired) electrons. The fraction of sp³-hybridized carbons (Fsp3) is 0.767. The Labute approximate surface area is 228 Å². The Hall–Kier alpha value is -2.16. The number of ether oxygens (including phenoxy) is 2. The van der Waals surface area contributed by atoms with Gasteiger partial charge in [0, 0.05) is 19.1 Å². The maximum absolute atomic E-state index is 13.8. The van der Waals surface area contributed by atoms with Gasteiger partial charge in [0.15, 0.2) is 5.78 Å². The van der Waals surface area contributed by atoms with Crippen molar-refractivity contribution in [3.63, 3.8) is 0 Å². The highest BCUT2D eigenvalue weighted by molar-refractivity contribution is 5.84. The Bertz CT molecular complexity index is 1230. The number of carbonyl (C=O) groups excluding carboxylic acids is 1. The van der Waals surface area contributed by atoms with Gasteiger partial charge in [0.05, 0.1) is 25.2 Å². The predicted octanol–water partition coefficient (Wildman–Crippen LogP) is 6.47. The number of ketones is 1. The van der Waals surface area contributed by atoms with E-state index in [1.807, 2.05) is 18.2 Å². The van der Waals surface area contributed by atoms with E-state index in [1.165, 1.54) is 0 Å². The summed E-state index contributed by atoms with van der Waals surface area (Å²) in [4.78, 5) is 13.8. The molecule has 6 nitrogen and oxygen atoms in total. The summed E-state index contributed by atoms with van der Waals surface area (Å²) >= 11 is 0. The van der Waals surface area contributed by atoms with E-state index in [1.54, 1.807) is 18.9 Å². The number of alkyl halides is 3. The molecule has 39 heavy (non-hydrogen) atoms. The molecule has 9 heteroatoms. The Morgan fingerprint density at radius 3 is 2.64 bits per heavy atom. The number of fused-ring (bicyclic) bond motifs is 6. The molecule has 8 unspecified atom stereocenters. The smallest absolute Gasteiger partial charge is 0.391 e. The van der Waals surface area contributed by atoms with Crippen molar-refractivity contribution in [3.8, 4) is 5.75 Å². The van der Waals surface area contributed by atoms with Crippen LogP contribution in [0.2, 0.25) is 0 Å². The number of nitrogens with zero attached hydrogens (tertiary/aromatic N) is 3. The summed E-state index contributed by atoms with van der Waals surface area (Å²) in [5.74, 6) is 1.02. The summed E-state index contributed by atoms with van der Waals surface area (Å²) < 4.78 is 53.8. The van der Waals surface area contributed by atoms with Crippen LogP contribution in [0.4, 0.5) is 13.2 Å². The van der Waals surface area contributed by atoms with Crippen LogP contribution in [0.25, 0.3) is 11.0 Å². The van der Waals surface area contributed by atoms with Crippen molar-refractivity contribution >= 4 is 16.8 Å². The van der Waals surface area contributed by atoms with Crippen LogP contribution in [0.15, 0.2) is 18.2 Å². The number of aromatic nitrogens is 3. The number of hydrogen-bond acceptors (Lipinski definition) is 5. The van der Waals surface area contributed by atoms with Crippen LogP contribution in [0.5, 0.6) is 5.75 Å². The number of methoxy groups -OCH3 is 2. The summed E-state index contributed by atoms with van der Waals surface area (Å²) in [5, 5.41) is 8.50. The van der Waals surface area contributed by atoms with Crippen LogP contribution < -0.4 is 4.74 Å². The van der Waals surface area contributed by atoms with Crippen molar-refractivity contribution in [3.05, 3.63) is 18.2 Å². The largest absolute Gasteiger partial charge is 0.497 e. The molecule has 1 heterocycles. The van der Waals surface area contributed by atoms with Crippen molar-refractivity contribution in [2.75, 3.05) is 20.8 Å². The molecule has 4 saturated carbocycles. The Morgan fingerprint density at radius 1 is 1.08 bits per heavy atom. The van der Waals surface area contributed by atoms with Gasteiger partial charge in [-0.2, -0.15) is 13.2 Å². The van der Waals surface area contributed by atoms with Gasteiger partial charge in [-0.25, -0.2) is 4.68 Å². The van der Waals surface area contributed by atoms with E-state index < -0.39 is 12.1 Å².